The third-order valence-electron chi connectivity index (χ3n) is 3.50. The van der Waals surface area contributed by atoms with Crippen molar-refractivity contribution in [1.29, 1.82) is 0 Å². The maximum atomic E-state index is 6.08. The Bertz CT molecular complexity index is 410. The Morgan fingerprint density at radius 3 is 3.00 bits per heavy atom. The zero-order valence-electron chi connectivity index (χ0n) is 10.3. The molecule has 0 aromatic heterocycles. The van der Waals surface area contributed by atoms with Crippen molar-refractivity contribution < 1.29 is 0 Å². The molecule has 1 fully saturated rings. The van der Waals surface area contributed by atoms with Crippen molar-refractivity contribution in [3.63, 3.8) is 0 Å². The molecule has 1 unspecified atom stereocenters. The van der Waals surface area contributed by atoms with Crippen LogP contribution in [-0.4, -0.2) is 25.2 Å². The molecule has 0 bridgehead atoms. The molecule has 17 heavy (non-hydrogen) atoms. The van der Waals surface area contributed by atoms with Gasteiger partial charge in [-0.15, -0.1) is 0 Å². The summed E-state index contributed by atoms with van der Waals surface area (Å²) in [5.74, 6) is 0. The van der Waals surface area contributed by atoms with Crippen LogP contribution in [-0.2, 0) is 0 Å². The summed E-state index contributed by atoms with van der Waals surface area (Å²) in [5, 5.41) is 4.38. The second-order valence-electron chi connectivity index (χ2n) is 4.86. The first-order valence-electron chi connectivity index (χ1n) is 5.99. The zero-order chi connectivity index (χ0) is 12.5. The maximum Gasteiger partial charge on any atom is 0.0526 e. The van der Waals surface area contributed by atoms with Gasteiger partial charge in [-0.3, -0.25) is 0 Å². The van der Waals surface area contributed by atoms with Crippen molar-refractivity contribution in [2.45, 2.75) is 25.8 Å². The highest BCUT2D eigenvalue weighted by molar-refractivity contribution is 9.10. The lowest BCUT2D eigenvalue weighted by molar-refractivity contribution is 0.314. The number of anilines is 1. The molecule has 0 aliphatic carbocycles. The number of nitrogens with zero attached hydrogens (tertiary/aromatic N) is 1. The highest BCUT2D eigenvalue weighted by atomic mass is 79.9. The number of hydrogen-bond donors (Lipinski definition) is 1. The van der Waals surface area contributed by atoms with Gasteiger partial charge in [-0.2, -0.15) is 0 Å². The minimum absolute atomic E-state index is 0.194. The fourth-order valence-corrected chi connectivity index (χ4v) is 2.88. The van der Waals surface area contributed by atoms with Crippen LogP contribution < -0.4 is 10.2 Å². The summed E-state index contributed by atoms with van der Waals surface area (Å²) >= 11 is 9.68. The summed E-state index contributed by atoms with van der Waals surface area (Å²) in [5.41, 5.74) is 1.39. The molecule has 1 aromatic rings. The molecule has 1 aliphatic rings. The lowest BCUT2D eigenvalue weighted by Gasteiger charge is -2.42. The number of piperazine rings is 1. The van der Waals surface area contributed by atoms with Gasteiger partial charge in [-0.1, -0.05) is 18.5 Å². The van der Waals surface area contributed by atoms with E-state index in [4.69, 9.17) is 11.6 Å². The lowest BCUT2D eigenvalue weighted by Crippen LogP contribution is -2.58. The van der Waals surface area contributed by atoms with Crippen LogP contribution in [0.5, 0.6) is 0 Å². The maximum absolute atomic E-state index is 6.08. The van der Waals surface area contributed by atoms with Crippen LogP contribution in [0, 0.1) is 0 Å². The molecule has 1 heterocycles. The summed E-state index contributed by atoms with van der Waals surface area (Å²) < 4.78 is 1.11. The molecule has 0 saturated carbocycles. The predicted octanol–water partition coefficient (Wildman–Crippen LogP) is 3.68. The summed E-state index contributed by atoms with van der Waals surface area (Å²) in [6.07, 6.45) is 1.13. The molecule has 2 nitrogen and oxygen atoms in total. The fourth-order valence-electron chi connectivity index (χ4n) is 2.22. The Labute approximate surface area is 116 Å². The molecule has 1 aliphatic heterocycles. The average Bonchev–Trinajstić information content (AvgIpc) is 2.32. The molecule has 1 N–H and O–H groups in total. The first-order chi connectivity index (χ1) is 8.04. The van der Waals surface area contributed by atoms with Crippen LogP contribution in [0.4, 0.5) is 5.69 Å². The van der Waals surface area contributed by atoms with Crippen molar-refractivity contribution in [2.75, 3.05) is 24.5 Å². The monoisotopic (exact) mass is 316 g/mol. The minimum atomic E-state index is 0.194. The Morgan fingerprint density at radius 2 is 2.29 bits per heavy atom. The van der Waals surface area contributed by atoms with Crippen molar-refractivity contribution in [2.24, 2.45) is 0 Å². The molecule has 1 atom stereocenters. The molecule has 1 aromatic carbocycles. The van der Waals surface area contributed by atoms with Crippen molar-refractivity contribution >= 4 is 33.2 Å². The molecule has 1 saturated heterocycles. The van der Waals surface area contributed by atoms with Crippen molar-refractivity contribution in [1.82, 2.24) is 5.32 Å². The van der Waals surface area contributed by atoms with E-state index in [2.05, 4.69) is 40.0 Å². The van der Waals surface area contributed by atoms with Crippen LogP contribution in [0.1, 0.15) is 20.3 Å². The van der Waals surface area contributed by atoms with E-state index in [1.165, 1.54) is 5.69 Å². The van der Waals surface area contributed by atoms with Gasteiger partial charge in [0.1, 0.15) is 0 Å². The van der Waals surface area contributed by atoms with Gasteiger partial charge >= 0.3 is 0 Å². The fraction of sp³-hybridized carbons (Fsp3) is 0.538. The van der Waals surface area contributed by atoms with Gasteiger partial charge in [0.15, 0.2) is 0 Å². The summed E-state index contributed by atoms with van der Waals surface area (Å²) in [6.45, 7) is 7.56. The van der Waals surface area contributed by atoms with Gasteiger partial charge in [0, 0.05) is 34.7 Å². The summed E-state index contributed by atoms with van der Waals surface area (Å²) in [4.78, 5) is 2.40. The summed E-state index contributed by atoms with van der Waals surface area (Å²) in [6, 6.07) is 5.96. The van der Waals surface area contributed by atoms with E-state index in [-0.39, 0.29) is 5.54 Å². The van der Waals surface area contributed by atoms with Gasteiger partial charge in [0.25, 0.3) is 0 Å². The molecule has 4 heteroatoms. The molecule has 2 rings (SSSR count). The molecule has 0 spiro atoms. The van der Waals surface area contributed by atoms with E-state index in [1.54, 1.807) is 0 Å². The number of rotatable bonds is 2. The third kappa shape index (κ3) is 2.95. The third-order valence-corrected chi connectivity index (χ3v) is 4.41. The van der Waals surface area contributed by atoms with E-state index in [0.717, 1.165) is 35.6 Å². The quantitative estimate of drug-likeness (QED) is 0.895. The Kier molecular flexibility index (Phi) is 4.01. The first kappa shape index (κ1) is 13.2. The molecular formula is C13H18BrClN2. The average molecular weight is 318 g/mol. The van der Waals surface area contributed by atoms with Gasteiger partial charge in [0.2, 0.25) is 0 Å². The second kappa shape index (κ2) is 5.17. The Morgan fingerprint density at radius 1 is 1.53 bits per heavy atom. The van der Waals surface area contributed by atoms with Gasteiger partial charge in [0.05, 0.1) is 5.69 Å². The number of halogens is 2. The van der Waals surface area contributed by atoms with Gasteiger partial charge < -0.3 is 10.2 Å². The SMILES string of the molecule is CCC1(C)CN(c2cc(Cl)ccc2Br)CCN1. The van der Waals surface area contributed by atoms with Crippen molar-refractivity contribution in [3.8, 4) is 0 Å². The minimum Gasteiger partial charge on any atom is -0.367 e. The molecule has 0 radical (unpaired) electrons. The highest BCUT2D eigenvalue weighted by Gasteiger charge is 2.29. The Hall–Kier alpha value is -0.250. The van der Waals surface area contributed by atoms with Gasteiger partial charge in [-0.25, -0.2) is 0 Å². The predicted molar refractivity (Wildman–Crippen MR) is 78.1 cm³/mol. The Balaban J connectivity index is 2.24. The van der Waals surface area contributed by atoms with E-state index in [9.17, 15) is 0 Å². The number of hydrogen-bond acceptors (Lipinski definition) is 2. The smallest absolute Gasteiger partial charge is 0.0526 e. The van der Waals surface area contributed by atoms with E-state index in [0.29, 0.717) is 0 Å². The first-order valence-corrected chi connectivity index (χ1v) is 7.16. The number of benzene rings is 1. The highest BCUT2D eigenvalue weighted by Crippen LogP contribution is 2.31. The molecule has 94 valence electrons. The molecular weight excluding hydrogens is 300 g/mol. The van der Waals surface area contributed by atoms with Gasteiger partial charge in [-0.05, 0) is 47.5 Å². The van der Waals surface area contributed by atoms with Crippen LogP contribution >= 0.6 is 27.5 Å². The van der Waals surface area contributed by atoms with Crippen LogP contribution in [0.25, 0.3) is 0 Å². The summed E-state index contributed by atoms with van der Waals surface area (Å²) in [7, 11) is 0. The van der Waals surface area contributed by atoms with Crippen LogP contribution in [0.2, 0.25) is 5.02 Å². The largest absolute Gasteiger partial charge is 0.367 e. The standard InChI is InChI=1S/C13H18BrClN2/c1-3-13(2)9-17(7-6-16-13)12-8-10(15)4-5-11(12)14/h4-5,8,16H,3,6-7,9H2,1-2H3. The van der Waals surface area contributed by atoms with Crippen molar-refractivity contribution in [3.05, 3.63) is 27.7 Å². The lowest BCUT2D eigenvalue weighted by atomic mass is 9.95. The van der Waals surface area contributed by atoms with Crippen LogP contribution in [0.15, 0.2) is 22.7 Å². The number of nitrogens with one attached hydrogen (secondary N) is 1. The van der Waals surface area contributed by atoms with Crippen LogP contribution in [0.3, 0.4) is 0 Å². The molecule has 0 amide bonds. The van der Waals surface area contributed by atoms with E-state index >= 15 is 0 Å². The normalized spacial score (nSPS) is 25.1. The van der Waals surface area contributed by atoms with E-state index in [1.807, 2.05) is 18.2 Å². The van der Waals surface area contributed by atoms with E-state index < -0.39 is 0 Å². The zero-order valence-corrected chi connectivity index (χ0v) is 12.6. The topological polar surface area (TPSA) is 15.3 Å². The second-order valence-corrected chi connectivity index (χ2v) is 6.15.